The van der Waals surface area contributed by atoms with Crippen molar-refractivity contribution in [2.24, 2.45) is 0 Å². The molecule has 0 saturated carbocycles. The molecule has 2 aromatic heterocycles. The van der Waals surface area contributed by atoms with Crippen LogP contribution >= 0.6 is 0 Å². The molecule has 0 saturated heterocycles. The van der Waals surface area contributed by atoms with E-state index in [1.165, 1.54) is 4.57 Å². The van der Waals surface area contributed by atoms with Crippen molar-refractivity contribution in [1.82, 2.24) is 9.47 Å². The summed E-state index contributed by atoms with van der Waals surface area (Å²) >= 11 is 0. The van der Waals surface area contributed by atoms with Gasteiger partial charge in [-0.15, -0.1) is 4.57 Å². The molecule has 3 heterocycles. The van der Waals surface area contributed by atoms with Crippen molar-refractivity contribution in [3.8, 4) is 6.07 Å². The summed E-state index contributed by atoms with van der Waals surface area (Å²) in [5.74, 6) is 0. The highest BCUT2D eigenvalue weighted by Crippen LogP contribution is 2.34. The second kappa shape index (κ2) is 5.76. The van der Waals surface area contributed by atoms with Crippen molar-refractivity contribution in [2.75, 3.05) is 19.6 Å². The second-order valence-corrected chi connectivity index (χ2v) is 5.96. The molecule has 25 heavy (non-hydrogen) atoms. The first-order valence-electron chi connectivity index (χ1n) is 8.07. The summed E-state index contributed by atoms with van der Waals surface area (Å²) < 4.78 is 11.6. The molecule has 7 nitrogen and oxygen atoms in total. The number of rotatable bonds is 2. The van der Waals surface area contributed by atoms with E-state index in [1.807, 2.05) is 0 Å². The van der Waals surface area contributed by atoms with E-state index in [0.717, 1.165) is 37.0 Å². The lowest BCUT2D eigenvalue weighted by atomic mass is 9.98. The van der Waals surface area contributed by atoms with Gasteiger partial charge in [-0.05, 0) is 36.7 Å². The van der Waals surface area contributed by atoms with E-state index < -0.39 is 11.3 Å². The molecular weight excluding hydrogens is 322 g/mol. The van der Waals surface area contributed by atoms with Gasteiger partial charge in [0.2, 0.25) is 5.71 Å². The van der Waals surface area contributed by atoms with Crippen molar-refractivity contribution >= 4 is 22.2 Å². The fraction of sp³-hybridized carbons (Fsp3) is 0.278. The maximum atomic E-state index is 11.7. The third kappa shape index (κ3) is 2.39. The van der Waals surface area contributed by atoms with Crippen LogP contribution in [0.2, 0.25) is 0 Å². The Hall–Kier alpha value is -3.11. The van der Waals surface area contributed by atoms with E-state index in [0.29, 0.717) is 16.6 Å². The summed E-state index contributed by atoms with van der Waals surface area (Å²) in [5, 5.41) is 9.93. The number of aromatic nitrogens is 1. The van der Waals surface area contributed by atoms with Crippen molar-refractivity contribution in [3.63, 3.8) is 0 Å². The monoisotopic (exact) mass is 337 g/mol. The van der Waals surface area contributed by atoms with Gasteiger partial charge in [-0.3, -0.25) is 4.90 Å². The van der Waals surface area contributed by atoms with Crippen LogP contribution in [0.3, 0.4) is 0 Å². The van der Waals surface area contributed by atoms with Crippen LogP contribution in [0.1, 0.15) is 24.5 Å². The molecule has 1 aliphatic rings. The third-order valence-electron chi connectivity index (χ3n) is 4.60. The quantitative estimate of drug-likeness (QED) is 0.664. The summed E-state index contributed by atoms with van der Waals surface area (Å²) in [6.07, 6.45) is 2.87. The highest BCUT2D eigenvalue weighted by molar-refractivity contribution is 6.00. The Morgan fingerprint density at radius 1 is 1.28 bits per heavy atom. The fourth-order valence-corrected chi connectivity index (χ4v) is 3.28. The largest absolute Gasteiger partial charge is 0.442 e. The van der Waals surface area contributed by atoms with Gasteiger partial charge >= 0.3 is 11.3 Å². The second-order valence-electron chi connectivity index (χ2n) is 5.96. The minimum Gasteiger partial charge on any atom is -0.397 e. The SMILES string of the molecule is CCN1CC=C(c2c3cc(C#N)ccc3n3oc(=O)c(=O)oc23)CC1. The molecule has 0 N–H and O–H groups in total. The van der Waals surface area contributed by atoms with Crippen molar-refractivity contribution in [2.45, 2.75) is 13.3 Å². The number of hydrogen-bond donors (Lipinski definition) is 0. The summed E-state index contributed by atoms with van der Waals surface area (Å²) in [6.45, 7) is 4.75. The van der Waals surface area contributed by atoms with Gasteiger partial charge in [-0.25, -0.2) is 9.59 Å². The van der Waals surface area contributed by atoms with Gasteiger partial charge in [-0.1, -0.05) is 13.0 Å². The molecule has 0 aliphatic carbocycles. The first kappa shape index (κ1) is 15.4. The minimum absolute atomic E-state index is 0.200. The number of fused-ring (bicyclic) bond motifs is 3. The number of nitriles is 1. The molecule has 0 spiro atoms. The standard InChI is InChI=1S/C18H15N3O4/c1-2-20-7-5-12(6-8-20)15-13-9-11(10-19)3-4-14(13)21-16(15)24-17(22)18(23)25-21/h3-5,9H,2,6-8H2,1H3. The number of benzene rings is 1. The van der Waals surface area contributed by atoms with Crippen molar-refractivity contribution < 1.29 is 8.94 Å². The van der Waals surface area contributed by atoms with Gasteiger partial charge in [0, 0.05) is 18.5 Å². The Morgan fingerprint density at radius 2 is 2.12 bits per heavy atom. The van der Waals surface area contributed by atoms with E-state index in [2.05, 4.69) is 24.0 Å². The minimum atomic E-state index is -1.06. The maximum absolute atomic E-state index is 11.7. The maximum Gasteiger partial charge on any atom is 0.442 e. The molecule has 7 heteroatoms. The highest BCUT2D eigenvalue weighted by Gasteiger charge is 2.23. The van der Waals surface area contributed by atoms with Gasteiger partial charge in [0.15, 0.2) is 0 Å². The van der Waals surface area contributed by atoms with E-state index in [4.69, 9.17) is 8.94 Å². The van der Waals surface area contributed by atoms with Crippen LogP contribution in [0.25, 0.3) is 22.2 Å². The van der Waals surface area contributed by atoms with Gasteiger partial charge in [-0.2, -0.15) is 5.26 Å². The molecule has 1 aliphatic heterocycles. The van der Waals surface area contributed by atoms with Crippen LogP contribution in [-0.4, -0.2) is 29.1 Å². The normalized spacial score (nSPS) is 15.4. The predicted octanol–water partition coefficient (Wildman–Crippen LogP) is 1.98. The molecular formula is C18H15N3O4. The van der Waals surface area contributed by atoms with Crippen LogP contribution in [-0.2, 0) is 0 Å². The summed E-state index contributed by atoms with van der Waals surface area (Å²) in [5.41, 5.74) is 0.905. The van der Waals surface area contributed by atoms with Crippen LogP contribution in [0, 0.1) is 11.3 Å². The zero-order valence-corrected chi connectivity index (χ0v) is 13.6. The predicted molar refractivity (Wildman–Crippen MR) is 91.4 cm³/mol. The fourth-order valence-electron chi connectivity index (χ4n) is 3.28. The van der Waals surface area contributed by atoms with E-state index in [9.17, 15) is 14.9 Å². The molecule has 0 radical (unpaired) electrons. The van der Waals surface area contributed by atoms with E-state index in [-0.39, 0.29) is 5.71 Å². The Kier molecular flexibility index (Phi) is 3.55. The molecule has 126 valence electrons. The number of hydrogen-bond acceptors (Lipinski definition) is 6. The first-order valence-corrected chi connectivity index (χ1v) is 8.07. The smallest absolute Gasteiger partial charge is 0.397 e. The third-order valence-corrected chi connectivity index (χ3v) is 4.60. The zero-order chi connectivity index (χ0) is 17.6. The lowest BCUT2D eigenvalue weighted by molar-refractivity contribution is 0.286. The molecule has 1 aromatic carbocycles. The average Bonchev–Trinajstić information content (AvgIpc) is 2.94. The summed E-state index contributed by atoms with van der Waals surface area (Å²) in [6, 6.07) is 7.16. The Bertz CT molecular complexity index is 1170. The van der Waals surface area contributed by atoms with Gasteiger partial charge < -0.3 is 8.94 Å². The van der Waals surface area contributed by atoms with Crippen LogP contribution in [0.5, 0.6) is 0 Å². The van der Waals surface area contributed by atoms with E-state index in [1.54, 1.807) is 18.2 Å². The lowest BCUT2D eigenvalue weighted by Gasteiger charge is -2.24. The van der Waals surface area contributed by atoms with Gasteiger partial charge in [0.25, 0.3) is 0 Å². The molecule has 0 bridgehead atoms. The highest BCUT2D eigenvalue weighted by atomic mass is 16.5. The molecule has 4 rings (SSSR count). The summed E-state index contributed by atoms with van der Waals surface area (Å²) in [4.78, 5) is 25.6. The van der Waals surface area contributed by atoms with Crippen molar-refractivity contribution in [1.29, 1.82) is 5.26 Å². The van der Waals surface area contributed by atoms with Crippen molar-refractivity contribution in [3.05, 3.63) is 56.2 Å². The molecule has 0 unspecified atom stereocenters. The average molecular weight is 337 g/mol. The Labute approximate surface area is 141 Å². The number of likely N-dealkylation sites (N-methyl/N-ethyl adjacent to an activating group) is 1. The Morgan fingerprint density at radius 3 is 2.80 bits per heavy atom. The summed E-state index contributed by atoms with van der Waals surface area (Å²) in [7, 11) is 0. The van der Waals surface area contributed by atoms with E-state index >= 15 is 0 Å². The lowest BCUT2D eigenvalue weighted by Crippen LogP contribution is -2.28. The van der Waals surface area contributed by atoms with Crippen LogP contribution in [0.4, 0.5) is 0 Å². The molecule has 0 amide bonds. The Balaban J connectivity index is 2.08. The van der Waals surface area contributed by atoms with Crippen LogP contribution in [0.15, 0.2) is 42.8 Å². The number of nitrogens with zero attached hydrogens (tertiary/aromatic N) is 3. The molecule has 0 atom stereocenters. The zero-order valence-electron chi connectivity index (χ0n) is 13.6. The van der Waals surface area contributed by atoms with Gasteiger partial charge in [0.05, 0.1) is 22.7 Å². The van der Waals surface area contributed by atoms with Gasteiger partial charge in [0.1, 0.15) is 0 Å². The topological polar surface area (TPSA) is 91.9 Å². The van der Waals surface area contributed by atoms with Crippen LogP contribution < -0.4 is 11.3 Å². The molecule has 3 aromatic rings. The molecule has 0 fully saturated rings. The first-order chi connectivity index (χ1) is 12.1.